The van der Waals surface area contributed by atoms with Gasteiger partial charge in [-0.3, -0.25) is 4.79 Å². The first-order valence-corrected chi connectivity index (χ1v) is 8.77. The van der Waals surface area contributed by atoms with E-state index in [1.807, 2.05) is 0 Å². The molecule has 24 heavy (non-hydrogen) atoms. The molecule has 0 spiro atoms. The first-order valence-electron chi connectivity index (χ1n) is 8.77. The molecule has 0 aliphatic heterocycles. The molecular weight excluding hydrogens is 321 g/mol. The predicted molar refractivity (Wildman–Crippen MR) is 86.5 cm³/mol. The summed E-state index contributed by atoms with van der Waals surface area (Å²) in [5, 5.41) is 31.7. The Bertz CT molecular complexity index is 328. The van der Waals surface area contributed by atoms with Gasteiger partial charge < -0.3 is 25.4 Å². The molecule has 0 fully saturated rings. The summed E-state index contributed by atoms with van der Waals surface area (Å²) in [6.07, 6.45) is 9.13. The number of unbranched alkanes of at least 4 members (excludes halogenated alkanes) is 7. The maximum Gasteiger partial charge on any atom is 1.00 e. The number of hydrogen-bond acceptors (Lipinski definition) is 5. The van der Waals surface area contributed by atoms with Crippen LogP contribution in [0, 0.1) is 0 Å². The van der Waals surface area contributed by atoms with Crippen LogP contribution in [-0.4, -0.2) is 40.8 Å². The number of nitrogens with one attached hydrogen (secondary N) is 1. The first-order chi connectivity index (χ1) is 11.0. The molecule has 0 aliphatic carbocycles. The van der Waals surface area contributed by atoms with Crippen molar-refractivity contribution in [3.63, 3.8) is 0 Å². The van der Waals surface area contributed by atoms with Gasteiger partial charge in [0.1, 0.15) is 6.61 Å². The fourth-order valence-corrected chi connectivity index (χ4v) is 2.63. The third kappa shape index (κ3) is 16.7. The topological polar surface area (TPSA) is 110 Å². The number of amides is 1. The maximum absolute atomic E-state index is 11.1. The van der Waals surface area contributed by atoms with E-state index < -0.39 is 30.6 Å². The molecule has 0 saturated carbocycles. The molecule has 6 nitrogen and oxygen atoms in total. The zero-order chi connectivity index (χ0) is 17.5. The van der Waals surface area contributed by atoms with E-state index in [1.165, 1.54) is 32.1 Å². The second kappa shape index (κ2) is 17.7. The Kier molecular flexibility index (Phi) is 19.2. The third-order valence-corrected chi connectivity index (χ3v) is 3.87. The molecule has 0 radical (unpaired) electrons. The van der Waals surface area contributed by atoms with E-state index in [9.17, 15) is 19.8 Å². The van der Waals surface area contributed by atoms with E-state index >= 15 is 0 Å². The van der Waals surface area contributed by atoms with Gasteiger partial charge >= 0.3 is 29.6 Å². The van der Waals surface area contributed by atoms with Gasteiger partial charge in [0, 0.05) is 18.4 Å². The van der Waals surface area contributed by atoms with Gasteiger partial charge in [-0.1, -0.05) is 58.3 Å². The Morgan fingerprint density at radius 2 is 1.58 bits per heavy atom. The number of carbonyl (C=O) groups is 2. The fourth-order valence-electron chi connectivity index (χ4n) is 2.63. The molecule has 0 aromatic rings. The number of carboxylic acid groups (broad SMARTS) is 1. The smallest absolute Gasteiger partial charge is 0.550 e. The quantitative estimate of drug-likeness (QED) is 0.231. The minimum atomic E-state index is -1.28. The number of carbonyl (C=O) groups excluding carboxylic acids is 2. The zero-order valence-corrected chi connectivity index (χ0v) is 17.3. The van der Waals surface area contributed by atoms with Crippen molar-refractivity contribution in [1.29, 1.82) is 0 Å². The molecular formula is C17H32NNaO5. The van der Waals surface area contributed by atoms with Gasteiger partial charge in [-0.15, -0.1) is 0 Å². The van der Waals surface area contributed by atoms with Crippen LogP contribution in [0.2, 0.25) is 0 Å². The van der Waals surface area contributed by atoms with Gasteiger partial charge in [0.05, 0.1) is 6.10 Å². The van der Waals surface area contributed by atoms with Crippen LogP contribution < -0.4 is 40.0 Å². The summed E-state index contributed by atoms with van der Waals surface area (Å²) in [7, 11) is 0. The molecule has 0 aromatic carbocycles. The molecule has 0 heterocycles. The van der Waals surface area contributed by atoms with Gasteiger partial charge in [-0.2, -0.15) is 0 Å². The van der Waals surface area contributed by atoms with E-state index in [2.05, 4.69) is 12.2 Å². The van der Waals surface area contributed by atoms with Crippen LogP contribution in [0.15, 0.2) is 0 Å². The maximum atomic E-state index is 11.1. The number of aliphatic hydroxyl groups is 2. The summed E-state index contributed by atoms with van der Waals surface area (Å²) in [5.74, 6) is -1.93. The number of aliphatic carboxylic acids is 1. The number of hydrogen-bond donors (Lipinski definition) is 3. The largest absolute Gasteiger partial charge is 1.00 e. The van der Waals surface area contributed by atoms with Gasteiger partial charge in [-0.05, 0) is 12.8 Å². The van der Waals surface area contributed by atoms with Crippen molar-refractivity contribution in [3.8, 4) is 0 Å². The Hall–Kier alpha value is -0.140. The van der Waals surface area contributed by atoms with Crippen molar-refractivity contribution >= 4 is 11.9 Å². The number of aliphatic hydroxyl groups excluding tert-OH is 2. The standard InChI is InChI=1S/C17H33NO5.Na/c1-2-3-4-5-6-7-8-9-10-15(20)11-14(12-17(22)23)18-16(21)13-19;/h14-15,19-20H,2-13H2,1H3,(H,18,21)(H,22,23);/q;+1/p-1. The second-order valence-electron chi connectivity index (χ2n) is 6.15. The number of carboxylic acids is 1. The van der Waals surface area contributed by atoms with Crippen LogP contribution in [0.1, 0.15) is 77.6 Å². The van der Waals surface area contributed by atoms with Crippen molar-refractivity contribution in [1.82, 2.24) is 5.32 Å². The van der Waals surface area contributed by atoms with Crippen LogP contribution in [0.5, 0.6) is 0 Å². The summed E-state index contributed by atoms with van der Waals surface area (Å²) in [4.78, 5) is 21.8. The molecule has 7 heteroatoms. The average molecular weight is 353 g/mol. The average Bonchev–Trinajstić information content (AvgIpc) is 2.49. The summed E-state index contributed by atoms with van der Waals surface area (Å²) in [5.41, 5.74) is 0. The summed E-state index contributed by atoms with van der Waals surface area (Å²) in [6.45, 7) is 1.50. The Labute approximate surface area is 167 Å². The first kappa shape index (κ1) is 26.1. The Balaban J connectivity index is 0. The molecule has 3 N–H and O–H groups in total. The van der Waals surface area contributed by atoms with Gasteiger partial charge in [0.15, 0.2) is 0 Å². The molecule has 0 saturated heterocycles. The van der Waals surface area contributed by atoms with Crippen molar-refractivity contribution in [2.24, 2.45) is 0 Å². The van der Waals surface area contributed by atoms with Crippen molar-refractivity contribution in [3.05, 3.63) is 0 Å². The second-order valence-corrected chi connectivity index (χ2v) is 6.15. The van der Waals surface area contributed by atoms with E-state index in [-0.39, 0.29) is 42.4 Å². The van der Waals surface area contributed by atoms with Crippen molar-refractivity contribution in [2.75, 3.05) is 6.61 Å². The molecule has 0 aliphatic rings. The summed E-state index contributed by atoms with van der Waals surface area (Å²) < 4.78 is 0. The number of rotatable bonds is 15. The zero-order valence-electron chi connectivity index (χ0n) is 15.3. The minimum Gasteiger partial charge on any atom is -0.550 e. The summed E-state index contributed by atoms with van der Waals surface area (Å²) >= 11 is 0. The van der Waals surface area contributed by atoms with Gasteiger partial charge in [0.25, 0.3) is 0 Å². The molecule has 0 aromatic heterocycles. The van der Waals surface area contributed by atoms with Crippen LogP contribution >= 0.6 is 0 Å². The van der Waals surface area contributed by atoms with Crippen LogP contribution in [0.3, 0.4) is 0 Å². The normalized spacial score (nSPS) is 13.0. The van der Waals surface area contributed by atoms with E-state index in [0.29, 0.717) is 6.42 Å². The van der Waals surface area contributed by atoms with Gasteiger partial charge in [-0.25, -0.2) is 0 Å². The molecule has 1 amide bonds. The monoisotopic (exact) mass is 353 g/mol. The van der Waals surface area contributed by atoms with Crippen LogP contribution in [0.4, 0.5) is 0 Å². The Morgan fingerprint density at radius 3 is 2.08 bits per heavy atom. The Morgan fingerprint density at radius 1 is 1.04 bits per heavy atom. The van der Waals surface area contributed by atoms with Crippen LogP contribution in [-0.2, 0) is 9.59 Å². The fraction of sp³-hybridized carbons (Fsp3) is 0.882. The molecule has 0 bridgehead atoms. The van der Waals surface area contributed by atoms with Gasteiger partial charge in [0.2, 0.25) is 5.91 Å². The molecule has 2 atom stereocenters. The molecule has 2 unspecified atom stereocenters. The summed E-state index contributed by atoms with van der Waals surface area (Å²) in [6, 6.07) is -0.705. The van der Waals surface area contributed by atoms with Crippen molar-refractivity contribution < 1.29 is 54.5 Å². The third-order valence-electron chi connectivity index (χ3n) is 3.87. The van der Waals surface area contributed by atoms with E-state index in [0.717, 1.165) is 19.3 Å². The van der Waals surface area contributed by atoms with Crippen molar-refractivity contribution in [2.45, 2.75) is 89.7 Å². The van der Waals surface area contributed by atoms with E-state index in [4.69, 9.17) is 5.11 Å². The minimum absolute atomic E-state index is 0. The molecule has 136 valence electrons. The predicted octanol–water partition coefficient (Wildman–Crippen LogP) is -2.11. The molecule has 0 rings (SSSR count). The van der Waals surface area contributed by atoms with Crippen LogP contribution in [0.25, 0.3) is 0 Å². The van der Waals surface area contributed by atoms with E-state index in [1.54, 1.807) is 0 Å². The SMILES string of the molecule is CCCCCCCCCCC(O)CC(CC(=O)[O-])NC(=O)CO.[Na+].